The van der Waals surface area contributed by atoms with Gasteiger partial charge in [-0.25, -0.2) is 4.39 Å². The molecule has 0 aliphatic rings. The van der Waals surface area contributed by atoms with Crippen LogP contribution >= 0.6 is 0 Å². The standard InChI is InChI=1S/C8H8FNO.C2H6/c1-5-4-10-11-8(5)6(2)7(3)9;1-2/h4H,1,3H2,2H3;1-2H3/b8-6+;. The van der Waals surface area contributed by atoms with Crippen LogP contribution < -0.4 is 10.6 Å². The van der Waals surface area contributed by atoms with Gasteiger partial charge in [-0.2, -0.15) is 0 Å². The number of halogens is 1. The lowest BCUT2D eigenvalue weighted by Crippen LogP contribution is -2.19. The molecule has 0 spiro atoms. The van der Waals surface area contributed by atoms with E-state index >= 15 is 0 Å². The highest BCUT2D eigenvalue weighted by Gasteiger charge is 1.99. The minimum absolute atomic E-state index is 0.340. The number of hydrogen-bond acceptors (Lipinski definition) is 2. The summed E-state index contributed by atoms with van der Waals surface area (Å²) in [6.07, 6.45) is 1.43. The molecule has 0 bridgehead atoms. The monoisotopic (exact) mass is 183 g/mol. The number of rotatable bonds is 1. The summed E-state index contributed by atoms with van der Waals surface area (Å²) in [6, 6.07) is 0. The number of nitrogens with zero attached hydrogens (tertiary/aromatic N) is 1. The molecule has 0 saturated heterocycles. The highest BCUT2D eigenvalue weighted by molar-refractivity contribution is 5.55. The first kappa shape index (κ1) is 11.6. The molecule has 0 atom stereocenters. The summed E-state index contributed by atoms with van der Waals surface area (Å²) in [7, 11) is 0. The molecule has 0 unspecified atom stereocenters. The van der Waals surface area contributed by atoms with Gasteiger partial charge in [0.25, 0.3) is 0 Å². The third kappa shape index (κ3) is 2.86. The van der Waals surface area contributed by atoms with Crippen LogP contribution in [0.4, 0.5) is 4.39 Å². The van der Waals surface area contributed by atoms with Crippen molar-refractivity contribution in [3.63, 3.8) is 0 Å². The van der Waals surface area contributed by atoms with Crippen LogP contribution in [0.3, 0.4) is 0 Å². The van der Waals surface area contributed by atoms with Crippen LogP contribution in [0.25, 0.3) is 12.2 Å². The molecule has 0 aliphatic carbocycles. The molecule has 0 radical (unpaired) electrons. The van der Waals surface area contributed by atoms with E-state index in [9.17, 15) is 4.39 Å². The molecule has 0 aliphatic heterocycles. The Bertz CT molecular complexity index is 378. The van der Waals surface area contributed by atoms with Crippen LogP contribution in [0.1, 0.15) is 20.8 Å². The smallest absolute Gasteiger partial charge is 0.172 e. The normalized spacial score (nSPS) is 11.4. The van der Waals surface area contributed by atoms with Gasteiger partial charge < -0.3 is 4.52 Å². The molecule has 0 amide bonds. The average Bonchev–Trinajstić information content (AvgIpc) is 2.53. The fourth-order valence-corrected chi connectivity index (χ4v) is 0.692. The second-order valence-corrected chi connectivity index (χ2v) is 2.21. The molecule has 1 heterocycles. The van der Waals surface area contributed by atoms with E-state index in [1.165, 1.54) is 6.20 Å². The zero-order valence-corrected chi connectivity index (χ0v) is 8.22. The van der Waals surface area contributed by atoms with Crippen LogP contribution in [0, 0.1) is 0 Å². The summed E-state index contributed by atoms with van der Waals surface area (Å²) in [4.78, 5) is 0. The van der Waals surface area contributed by atoms with Gasteiger partial charge in [0.05, 0.1) is 6.20 Å². The first-order valence-corrected chi connectivity index (χ1v) is 4.08. The van der Waals surface area contributed by atoms with Gasteiger partial charge in [-0.05, 0) is 6.92 Å². The van der Waals surface area contributed by atoms with Crippen LogP contribution in [-0.4, -0.2) is 5.16 Å². The van der Waals surface area contributed by atoms with Crippen LogP contribution in [0.2, 0.25) is 0 Å². The Morgan fingerprint density at radius 2 is 2.08 bits per heavy atom. The fraction of sp³-hybridized carbons (Fsp3) is 0.300. The minimum atomic E-state index is -0.522. The van der Waals surface area contributed by atoms with E-state index in [4.69, 9.17) is 4.52 Å². The molecule has 1 aromatic heterocycles. The summed E-state index contributed by atoms with van der Waals surface area (Å²) < 4.78 is 17.2. The van der Waals surface area contributed by atoms with Gasteiger partial charge in [0.1, 0.15) is 5.83 Å². The van der Waals surface area contributed by atoms with Crippen molar-refractivity contribution in [3.05, 3.63) is 29.2 Å². The van der Waals surface area contributed by atoms with Crippen molar-refractivity contribution in [1.82, 2.24) is 5.16 Å². The van der Waals surface area contributed by atoms with Crippen molar-refractivity contribution in [2.45, 2.75) is 20.8 Å². The summed E-state index contributed by atoms with van der Waals surface area (Å²) >= 11 is 0. The predicted octanol–water partition coefficient (Wildman–Crippen LogP) is 1.76. The average molecular weight is 183 g/mol. The van der Waals surface area contributed by atoms with Crippen molar-refractivity contribution in [3.8, 4) is 0 Å². The molecular weight excluding hydrogens is 169 g/mol. The van der Waals surface area contributed by atoms with Gasteiger partial charge in [0.2, 0.25) is 0 Å². The van der Waals surface area contributed by atoms with Gasteiger partial charge in [-0.3, -0.25) is 0 Å². The summed E-state index contributed by atoms with van der Waals surface area (Å²) in [5.41, 5.74) is 0.699. The van der Waals surface area contributed by atoms with Gasteiger partial charge in [0.15, 0.2) is 5.42 Å². The molecule has 0 aromatic carbocycles. The predicted molar refractivity (Wildman–Crippen MR) is 52.0 cm³/mol. The lowest BCUT2D eigenvalue weighted by Gasteiger charge is -1.88. The highest BCUT2D eigenvalue weighted by Crippen LogP contribution is 2.04. The van der Waals surface area contributed by atoms with Crippen LogP contribution in [-0.2, 0) is 0 Å². The Morgan fingerprint density at radius 3 is 2.38 bits per heavy atom. The van der Waals surface area contributed by atoms with Crippen molar-refractivity contribution in [1.29, 1.82) is 0 Å². The number of allylic oxidation sites excluding steroid dienone is 1. The molecule has 1 rings (SSSR count). The van der Waals surface area contributed by atoms with Gasteiger partial charge in [0, 0.05) is 10.8 Å². The second-order valence-electron chi connectivity index (χ2n) is 2.21. The number of hydrogen-bond donors (Lipinski definition) is 0. The van der Waals surface area contributed by atoms with Crippen LogP contribution in [0.5, 0.6) is 0 Å². The third-order valence-electron chi connectivity index (χ3n) is 1.39. The van der Waals surface area contributed by atoms with E-state index in [1.54, 1.807) is 6.92 Å². The molecule has 0 fully saturated rings. The largest absolute Gasteiger partial charge is 0.356 e. The fourth-order valence-electron chi connectivity index (χ4n) is 0.692. The number of aromatic nitrogens is 1. The Kier molecular flexibility index (Phi) is 4.74. The molecule has 0 N–H and O–H groups in total. The first-order valence-electron chi connectivity index (χ1n) is 4.08. The summed E-state index contributed by atoms with van der Waals surface area (Å²) in [6.45, 7) is 12.3. The molecule has 2 nitrogen and oxygen atoms in total. The Morgan fingerprint density at radius 1 is 1.54 bits per heavy atom. The van der Waals surface area contributed by atoms with Crippen molar-refractivity contribution >= 4 is 12.2 Å². The molecule has 1 aromatic rings. The van der Waals surface area contributed by atoms with Crippen molar-refractivity contribution in [2.75, 3.05) is 0 Å². The molecule has 13 heavy (non-hydrogen) atoms. The van der Waals surface area contributed by atoms with Crippen molar-refractivity contribution in [2.24, 2.45) is 0 Å². The second kappa shape index (κ2) is 5.30. The lowest BCUT2D eigenvalue weighted by molar-refractivity contribution is 0.391. The van der Waals surface area contributed by atoms with E-state index in [0.717, 1.165) is 0 Å². The van der Waals surface area contributed by atoms with Gasteiger partial charge in [-0.15, -0.1) is 0 Å². The molecule has 3 heteroatoms. The maximum Gasteiger partial charge on any atom is 0.172 e. The lowest BCUT2D eigenvalue weighted by atomic mass is 10.2. The minimum Gasteiger partial charge on any atom is -0.356 e. The summed E-state index contributed by atoms with van der Waals surface area (Å²) in [5.74, 6) is -0.522. The van der Waals surface area contributed by atoms with Gasteiger partial charge >= 0.3 is 0 Å². The first-order chi connectivity index (χ1) is 6.13. The zero-order valence-electron chi connectivity index (χ0n) is 8.22. The van der Waals surface area contributed by atoms with Crippen LogP contribution in [0.15, 0.2) is 23.1 Å². The van der Waals surface area contributed by atoms with E-state index in [2.05, 4.69) is 18.3 Å². The van der Waals surface area contributed by atoms with E-state index < -0.39 is 5.83 Å². The SMILES string of the molecule is C=C(F)/C(C)=c1/oncc1=C.CC. The third-order valence-corrected chi connectivity index (χ3v) is 1.39. The van der Waals surface area contributed by atoms with Crippen molar-refractivity contribution < 1.29 is 8.91 Å². The molecule has 72 valence electrons. The van der Waals surface area contributed by atoms with E-state index in [1.807, 2.05) is 13.8 Å². The maximum atomic E-state index is 12.5. The Hall–Kier alpha value is -1.38. The molecule has 0 saturated carbocycles. The highest BCUT2D eigenvalue weighted by atomic mass is 19.1. The van der Waals surface area contributed by atoms with E-state index in [-0.39, 0.29) is 0 Å². The van der Waals surface area contributed by atoms with Gasteiger partial charge in [-0.1, -0.05) is 32.2 Å². The maximum absolute atomic E-state index is 12.5. The topological polar surface area (TPSA) is 26.0 Å². The molecular formula is C10H14FNO. The van der Waals surface area contributed by atoms with E-state index in [0.29, 0.717) is 16.2 Å². The Balaban J connectivity index is 0.000000671. The zero-order chi connectivity index (χ0) is 10.4. The summed E-state index contributed by atoms with van der Waals surface area (Å²) in [5, 5.41) is 4.03. The quantitative estimate of drug-likeness (QED) is 0.663. The Labute approximate surface area is 77.1 Å².